The van der Waals surface area contributed by atoms with Gasteiger partial charge in [-0.15, -0.1) is 0 Å². The van der Waals surface area contributed by atoms with Crippen LogP contribution in [0.1, 0.15) is 23.3 Å². The smallest absolute Gasteiger partial charge is 0.358 e. The molecule has 0 spiro atoms. The molecule has 7 nitrogen and oxygen atoms in total. The monoisotopic (exact) mass is 250 g/mol. The summed E-state index contributed by atoms with van der Waals surface area (Å²) in [7, 11) is 1.28. The Morgan fingerprint density at radius 3 is 2.94 bits per heavy atom. The van der Waals surface area contributed by atoms with E-state index in [0.717, 1.165) is 6.42 Å². The maximum Gasteiger partial charge on any atom is 0.358 e. The number of hydrogen-bond donors (Lipinski definition) is 1. The number of ether oxygens (including phenoxy) is 1. The Balaban J connectivity index is 2.28. The number of rotatable bonds is 3. The molecule has 1 aliphatic rings. The van der Waals surface area contributed by atoms with Gasteiger partial charge in [0.2, 0.25) is 5.91 Å². The Hall–Kier alpha value is -2.18. The normalized spacial score (nSPS) is 18.7. The molecule has 7 heteroatoms. The Labute approximate surface area is 104 Å². The van der Waals surface area contributed by atoms with Crippen molar-refractivity contribution in [2.75, 3.05) is 18.6 Å². The number of carbonyl (C=O) groups excluding carboxylic acids is 2. The highest BCUT2D eigenvalue weighted by Crippen LogP contribution is 2.23. The summed E-state index contributed by atoms with van der Waals surface area (Å²) in [5.41, 5.74) is 5.44. The Morgan fingerprint density at radius 2 is 2.28 bits per heavy atom. The van der Waals surface area contributed by atoms with Crippen LogP contribution < -0.4 is 10.6 Å². The van der Waals surface area contributed by atoms with Crippen LogP contribution in [0.15, 0.2) is 12.4 Å². The topological polar surface area (TPSA) is 98.4 Å². The van der Waals surface area contributed by atoms with E-state index in [0.29, 0.717) is 18.8 Å². The minimum absolute atomic E-state index is 0.116. The third-order valence-corrected chi connectivity index (χ3v) is 2.89. The summed E-state index contributed by atoms with van der Waals surface area (Å²) in [6, 6.07) is -0.382. The molecule has 0 aromatic carbocycles. The number of nitrogens with two attached hydrogens (primary N) is 1. The van der Waals surface area contributed by atoms with E-state index in [1.54, 1.807) is 4.90 Å². The van der Waals surface area contributed by atoms with Gasteiger partial charge in [-0.05, 0) is 12.8 Å². The van der Waals surface area contributed by atoms with Gasteiger partial charge in [0.05, 0.1) is 19.5 Å². The second-order valence-electron chi connectivity index (χ2n) is 4.01. The Morgan fingerprint density at radius 1 is 1.50 bits per heavy atom. The molecule has 1 aliphatic heterocycles. The van der Waals surface area contributed by atoms with Crippen molar-refractivity contribution < 1.29 is 14.3 Å². The van der Waals surface area contributed by atoms with Gasteiger partial charge < -0.3 is 15.4 Å². The zero-order valence-electron chi connectivity index (χ0n) is 10.00. The fourth-order valence-corrected chi connectivity index (χ4v) is 2.03. The van der Waals surface area contributed by atoms with E-state index in [9.17, 15) is 9.59 Å². The number of esters is 1. The first-order valence-corrected chi connectivity index (χ1v) is 5.60. The molecule has 0 aliphatic carbocycles. The van der Waals surface area contributed by atoms with E-state index in [4.69, 9.17) is 5.73 Å². The molecular weight excluding hydrogens is 236 g/mol. The number of nitrogens with zero attached hydrogens (tertiary/aromatic N) is 3. The number of hydrogen-bond acceptors (Lipinski definition) is 6. The van der Waals surface area contributed by atoms with Crippen LogP contribution in [0.4, 0.5) is 5.82 Å². The maximum absolute atomic E-state index is 11.4. The molecule has 0 saturated carbocycles. The third kappa shape index (κ3) is 2.24. The summed E-state index contributed by atoms with van der Waals surface area (Å²) in [5, 5.41) is 0. The lowest BCUT2D eigenvalue weighted by Crippen LogP contribution is -2.40. The summed E-state index contributed by atoms with van der Waals surface area (Å²) in [6.45, 7) is 0.674. The van der Waals surface area contributed by atoms with Crippen LogP contribution in [0, 0.1) is 0 Å². The fourth-order valence-electron chi connectivity index (χ4n) is 2.03. The molecule has 0 bridgehead atoms. The second kappa shape index (κ2) is 4.99. The van der Waals surface area contributed by atoms with Gasteiger partial charge >= 0.3 is 5.97 Å². The quantitative estimate of drug-likeness (QED) is 0.741. The van der Waals surface area contributed by atoms with E-state index in [1.165, 1.54) is 19.5 Å². The van der Waals surface area contributed by atoms with Crippen LogP contribution in [-0.4, -0.2) is 41.5 Å². The first-order chi connectivity index (χ1) is 8.63. The van der Waals surface area contributed by atoms with E-state index < -0.39 is 11.9 Å². The zero-order valence-corrected chi connectivity index (χ0v) is 10.00. The first-order valence-electron chi connectivity index (χ1n) is 5.60. The van der Waals surface area contributed by atoms with Gasteiger partial charge in [0.25, 0.3) is 0 Å². The van der Waals surface area contributed by atoms with Crippen LogP contribution in [0.2, 0.25) is 0 Å². The minimum Gasteiger partial charge on any atom is -0.464 e. The van der Waals surface area contributed by atoms with Crippen molar-refractivity contribution in [1.82, 2.24) is 9.97 Å². The predicted molar refractivity (Wildman–Crippen MR) is 62.9 cm³/mol. The molecule has 18 heavy (non-hydrogen) atoms. The molecule has 1 amide bonds. The van der Waals surface area contributed by atoms with Crippen LogP contribution in [0.3, 0.4) is 0 Å². The average Bonchev–Trinajstić information content (AvgIpc) is 2.87. The van der Waals surface area contributed by atoms with E-state index in [2.05, 4.69) is 14.7 Å². The molecule has 1 unspecified atom stereocenters. The van der Waals surface area contributed by atoms with Crippen molar-refractivity contribution in [3.8, 4) is 0 Å². The molecule has 1 atom stereocenters. The number of carbonyl (C=O) groups is 2. The summed E-state index contributed by atoms with van der Waals surface area (Å²) in [6.07, 6.45) is 4.38. The molecule has 1 aromatic rings. The molecule has 2 N–H and O–H groups in total. The SMILES string of the molecule is COC(=O)c1cncc(N2CCCC2C(N)=O)n1. The van der Waals surface area contributed by atoms with Crippen LogP contribution in [0.5, 0.6) is 0 Å². The van der Waals surface area contributed by atoms with Crippen molar-refractivity contribution in [1.29, 1.82) is 0 Å². The van der Waals surface area contributed by atoms with Crippen LogP contribution >= 0.6 is 0 Å². The van der Waals surface area contributed by atoms with Crippen molar-refractivity contribution in [2.45, 2.75) is 18.9 Å². The number of amides is 1. The van der Waals surface area contributed by atoms with Crippen molar-refractivity contribution in [3.63, 3.8) is 0 Å². The number of methoxy groups -OCH3 is 1. The lowest BCUT2D eigenvalue weighted by molar-refractivity contribution is -0.119. The highest BCUT2D eigenvalue weighted by atomic mass is 16.5. The minimum atomic E-state index is -0.556. The van der Waals surface area contributed by atoms with Gasteiger partial charge in [-0.3, -0.25) is 9.78 Å². The lowest BCUT2D eigenvalue weighted by Gasteiger charge is -2.22. The molecule has 1 saturated heterocycles. The van der Waals surface area contributed by atoms with Gasteiger partial charge in [-0.2, -0.15) is 0 Å². The summed E-state index contributed by atoms with van der Waals surface area (Å²) in [5.74, 6) is -0.476. The Kier molecular flexibility index (Phi) is 3.40. The first kappa shape index (κ1) is 12.3. The Bertz CT molecular complexity index is 477. The van der Waals surface area contributed by atoms with E-state index >= 15 is 0 Å². The maximum atomic E-state index is 11.4. The second-order valence-corrected chi connectivity index (χ2v) is 4.01. The highest BCUT2D eigenvalue weighted by molar-refractivity contribution is 5.87. The van der Waals surface area contributed by atoms with Gasteiger partial charge in [0, 0.05) is 6.54 Å². The zero-order chi connectivity index (χ0) is 13.1. The summed E-state index contributed by atoms with van der Waals surface area (Å²) >= 11 is 0. The number of primary amides is 1. The molecule has 1 aromatic heterocycles. The molecule has 2 rings (SSSR count). The van der Waals surface area contributed by atoms with Crippen molar-refractivity contribution in [2.24, 2.45) is 5.73 Å². The largest absolute Gasteiger partial charge is 0.464 e. The van der Waals surface area contributed by atoms with Crippen LogP contribution in [0.25, 0.3) is 0 Å². The molecule has 1 fully saturated rings. The fraction of sp³-hybridized carbons (Fsp3) is 0.455. The number of aromatic nitrogens is 2. The van der Waals surface area contributed by atoms with Gasteiger partial charge in [-0.25, -0.2) is 9.78 Å². The summed E-state index contributed by atoms with van der Waals surface area (Å²) < 4.78 is 4.58. The van der Waals surface area contributed by atoms with E-state index in [1.807, 2.05) is 0 Å². The predicted octanol–water partition coefficient (Wildman–Crippen LogP) is -0.283. The van der Waals surface area contributed by atoms with Gasteiger partial charge in [-0.1, -0.05) is 0 Å². The van der Waals surface area contributed by atoms with Gasteiger partial charge in [0.1, 0.15) is 11.9 Å². The molecular formula is C11H14N4O3. The molecule has 96 valence electrons. The molecule has 2 heterocycles. The lowest BCUT2D eigenvalue weighted by atomic mass is 10.2. The third-order valence-electron chi connectivity index (χ3n) is 2.89. The van der Waals surface area contributed by atoms with Crippen LogP contribution in [-0.2, 0) is 9.53 Å². The average molecular weight is 250 g/mol. The summed E-state index contributed by atoms with van der Waals surface area (Å²) in [4.78, 5) is 32.5. The van der Waals surface area contributed by atoms with E-state index in [-0.39, 0.29) is 11.7 Å². The highest BCUT2D eigenvalue weighted by Gasteiger charge is 2.30. The van der Waals surface area contributed by atoms with Crippen molar-refractivity contribution in [3.05, 3.63) is 18.1 Å². The van der Waals surface area contributed by atoms with Gasteiger partial charge in [0.15, 0.2) is 5.69 Å². The standard InChI is InChI=1S/C11H14N4O3/c1-18-11(17)7-5-13-6-9(14-7)15-4-2-3-8(15)10(12)16/h5-6,8H,2-4H2,1H3,(H2,12,16). The van der Waals surface area contributed by atoms with Crippen molar-refractivity contribution >= 4 is 17.7 Å². The molecule has 0 radical (unpaired) electrons. The number of anilines is 1.